The summed E-state index contributed by atoms with van der Waals surface area (Å²) >= 11 is 4.04. The first kappa shape index (κ1) is 9.86. The number of aliphatic hydroxyl groups is 1. The van der Waals surface area contributed by atoms with Crippen molar-refractivity contribution in [1.29, 1.82) is 0 Å². The van der Waals surface area contributed by atoms with Crippen LogP contribution in [0, 0.1) is 0 Å². The zero-order chi connectivity index (χ0) is 9.60. The fourth-order valence-electron chi connectivity index (χ4n) is 3.06. The first-order valence-corrected chi connectivity index (χ1v) is 7.66. The van der Waals surface area contributed by atoms with E-state index in [2.05, 4.69) is 11.8 Å². The van der Waals surface area contributed by atoms with Gasteiger partial charge in [0.2, 0.25) is 0 Å². The van der Waals surface area contributed by atoms with E-state index in [1.165, 1.54) is 38.5 Å². The van der Waals surface area contributed by atoms with Gasteiger partial charge in [0.05, 0.1) is 0 Å². The molecule has 2 saturated carbocycles. The van der Waals surface area contributed by atoms with Gasteiger partial charge in [-0.25, -0.2) is 0 Å². The molecule has 3 heteroatoms. The van der Waals surface area contributed by atoms with Crippen molar-refractivity contribution in [2.24, 2.45) is 0 Å². The minimum Gasteiger partial charge on any atom is -0.378 e. The van der Waals surface area contributed by atoms with Gasteiger partial charge in [-0.3, -0.25) is 0 Å². The van der Waals surface area contributed by atoms with Crippen molar-refractivity contribution in [2.45, 2.75) is 65.6 Å². The monoisotopic (exact) mass is 230 g/mol. The van der Waals surface area contributed by atoms with Crippen molar-refractivity contribution in [1.82, 2.24) is 0 Å². The van der Waals surface area contributed by atoms with Crippen molar-refractivity contribution in [2.75, 3.05) is 0 Å². The van der Waals surface area contributed by atoms with Crippen LogP contribution in [0.5, 0.6) is 0 Å². The third kappa shape index (κ3) is 1.52. The van der Waals surface area contributed by atoms with E-state index in [0.717, 1.165) is 16.9 Å². The Morgan fingerprint density at radius 1 is 1.00 bits per heavy atom. The summed E-state index contributed by atoms with van der Waals surface area (Å²) in [5.74, 6) is 0. The second-order valence-electron chi connectivity index (χ2n) is 4.84. The molecule has 0 aromatic rings. The van der Waals surface area contributed by atoms with Gasteiger partial charge in [0, 0.05) is 15.7 Å². The average molecular weight is 230 g/mol. The van der Waals surface area contributed by atoms with Gasteiger partial charge in [0.25, 0.3) is 0 Å². The molecule has 1 saturated heterocycles. The largest absolute Gasteiger partial charge is 0.378 e. The van der Waals surface area contributed by atoms with Crippen LogP contribution in [0.15, 0.2) is 0 Å². The molecule has 4 unspecified atom stereocenters. The molecule has 0 aromatic heterocycles. The van der Waals surface area contributed by atoms with Crippen LogP contribution < -0.4 is 0 Å². The predicted octanol–water partition coefficient (Wildman–Crippen LogP) is 3.02. The normalized spacial score (nSPS) is 52.5. The van der Waals surface area contributed by atoms with Gasteiger partial charge in [-0.05, 0) is 32.1 Å². The van der Waals surface area contributed by atoms with E-state index < -0.39 is 0 Å². The summed E-state index contributed by atoms with van der Waals surface area (Å²) in [5, 5.41) is 12.7. The minimum absolute atomic E-state index is 0.353. The van der Waals surface area contributed by atoms with Gasteiger partial charge in [-0.2, -0.15) is 11.8 Å². The topological polar surface area (TPSA) is 20.2 Å². The van der Waals surface area contributed by atoms with Gasteiger partial charge in [-0.15, -0.1) is 11.8 Å². The zero-order valence-corrected chi connectivity index (χ0v) is 10.1. The van der Waals surface area contributed by atoms with Crippen LogP contribution in [0.3, 0.4) is 0 Å². The molecule has 1 nitrogen and oxygen atoms in total. The Morgan fingerprint density at radius 3 is 2.79 bits per heavy atom. The molecule has 3 fully saturated rings. The summed E-state index contributed by atoms with van der Waals surface area (Å²) in [6.07, 6.45) is 8.98. The number of fused-ring (bicyclic) bond motifs is 2. The first-order chi connectivity index (χ1) is 6.78. The molecule has 1 aliphatic heterocycles. The highest BCUT2D eigenvalue weighted by molar-refractivity contribution is 8.08. The molecular formula is C11H18OS2. The van der Waals surface area contributed by atoms with E-state index in [1.54, 1.807) is 0 Å². The lowest BCUT2D eigenvalue weighted by Crippen LogP contribution is -2.47. The lowest BCUT2D eigenvalue weighted by molar-refractivity contribution is 0.0990. The first-order valence-electron chi connectivity index (χ1n) is 5.84. The van der Waals surface area contributed by atoms with Crippen molar-refractivity contribution >= 4 is 23.5 Å². The van der Waals surface area contributed by atoms with Crippen molar-refractivity contribution in [3.63, 3.8) is 0 Å². The van der Waals surface area contributed by atoms with Crippen LogP contribution in [-0.2, 0) is 0 Å². The van der Waals surface area contributed by atoms with Crippen LogP contribution >= 0.6 is 23.5 Å². The van der Waals surface area contributed by atoms with E-state index in [0.29, 0.717) is 5.25 Å². The van der Waals surface area contributed by atoms with Gasteiger partial charge < -0.3 is 5.11 Å². The van der Waals surface area contributed by atoms with E-state index in [4.69, 9.17) is 0 Å². The van der Waals surface area contributed by atoms with E-state index in [-0.39, 0.29) is 4.93 Å². The van der Waals surface area contributed by atoms with Crippen LogP contribution in [0.1, 0.15) is 44.9 Å². The zero-order valence-electron chi connectivity index (χ0n) is 8.45. The van der Waals surface area contributed by atoms with Gasteiger partial charge in [0.1, 0.15) is 4.93 Å². The third-order valence-corrected chi connectivity index (χ3v) is 7.79. The molecule has 4 atom stereocenters. The lowest BCUT2D eigenvalue weighted by atomic mass is 9.96. The van der Waals surface area contributed by atoms with E-state index in [1.807, 2.05) is 11.8 Å². The summed E-state index contributed by atoms with van der Waals surface area (Å²) in [5.41, 5.74) is 0. The molecule has 2 aliphatic carbocycles. The van der Waals surface area contributed by atoms with Gasteiger partial charge in [0.15, 0.2) is 0 Å². The standard InChI is InChI=1S/C11H18OS2/c12-11-7-2-1-6-10(11)13-8-4-3-5-9(8)14-11/h8-10,12H,1-7H2. The molecular weight excluding hydrogens is 212 g/mol. The molecule has 3 rings (SSSR count). The van der Waals surface area contributed by atoms with Crippen LogP contribution in [0.2, 0.25) is 0 Å². The van der Waals surface area contributed by atoms with Crippen molar-refractivity contribution < 1.29 is 5.11 Å². The average Bonchev–Trinajstić information content (AvgIpc) is 2.59. The Balaban J connectivity index is 1.79. The summed E-state index contributed by atoms with van der Waals surface area (Å²) in [7, 11) is 0. The number of hydrogen-bond donors (Lipinski definition) is 1. The SMILES string of the molecule is OC12CCCCC1SC1CCCC1S2. The molecule has 1 N–H and O–H groups in total. The second kappa shape index (κ2) is 3.60. The molecule has 1 heterocycles. The fraction of sp³-hybridized carbons (Fsp3) is 1.00. The molecule has 3 aliphatic rings. The predicted molar refractivity (Wildman–Crippen MR) is 63.8 cm³/mol. The highest BCUT2D eigenvalue weighted by atomic mass is 32.2. The van der Waals surface area contributed by atoms with E-state index in [9.17, 15) is 5.11 Å². The minimum atomic E-state index is -0.353. The second-order valence-corrected chi connectivity index (χ2v) is 7.84. The number of hydrogen-bond acceptors (Lipinski definition) is 3. The lowest BCUT2D eigenvalue weighted by Gasteiger charge is -2.46. The van der Waals surface area contributed by atoms with Crippen LogP contribution in [-0.4, -0.2) is 25.8 Å². The van der Waals surface area contributed by atoms with Crippen molar-refractivity contribution in [3.8, 4) is 0 Å². The van der Waals surface area contributed by atoms with Crippen LogP contribution in [0.25, 0.3) is 0 Å². The molecule has 80 valence electrons. The maximum atomic E-state index is 10.6. The molecule has 0 amide bonds. The van der Waals surface area contributed by atoms with Gasteiger partial charge in [-0.1, -0.05) is 12.8 Å². The maximum Gasteiger partial charge on any atom is 0.122 e. The molecule has 0 radical (unpaired) electrons. The summed E-state index contributed by atoms with van der Waals surface area (Å²) in [6, 6.07) is 0. The molecule has 0 bridgehead atoms. The Morgan fingerprint density at radius 2 is 1.86 bits per heavy atom. The Bertz CT molecular complexity index is 233. The highest BCUT2D eigenvalue weighted by Crippen LogP contribution is 2.56. The summed E-state index contributed by atoms with van der Waals surface area (Å²) in [6.45, 7) is 0. The smallest absolute Gasteiger partial charge is 0.122 e. The van der Waals surface area contributed by atoms with Crippen molar-refractivity contribution in [3.05, 3.63) is 0 Å². The molecule has 0 aromatic carbocycles. The van der Waals surface area contributed by atoms with Gasteiger partial charge >= 0.3 is 0 Å². The summed E-state index contributed by atoms with van der Waals surface area (Å²) in [4.78, 5) is -0.353. The Labute approximate surface area is 94.4 Å². The van der Waals surface area contributed by atoms with Crippen LogP contribution in [0.4, 0.5) is 0 Å². The van der Waals surface area contributed by atoms with E-state index >= 15 is 0 Å². The maximum absolute atomic E-state index is 10.6. The molecule has 0 spiro atoms. The number of rotatable bonds is 0. The third-order valence-electron chi connectivity index (χ3n) is 3.84. The summed E-state index contributed by atoms with van der Waals surface area (Å²) < 4.78 is 0. The quantitative estimate of drug-likeness (QED) is 0.691. The Hall–Kier alpha value is 0.660. The Kier molecular flexibility index (Phi) is 2.53. The molecule has 14 heavy (non-hydrogen) atoms. The fourth-order valence-corrected chi connectivity index (χ4v) is 7.05. The highest BCUT2D eigenvalue weighted by Gasteiger charge is 2.49. The number of thioether (sulfide) groups is 2.